The number of unbranched alkanes of at least 4 members (excludes halogenated alkanes) is 1. The van der Waals surface area contributed by atoms with E-state index in [1.165, 1.54) is 0 Å². The molecule has 0 rings (SSSR count). The molecule has 0 fully saturated rings. The summed E-state index contributed by atoms with van der Waals surface area (Å²) >= 11 is 0. The Morgan fingerprint density at radius 2 is 2.30 bits per heavy atom. The summed E-state index contributed by atoms with van der Waals surface area (Å²) in [6.07, 6.45) is 5.40. The summed E-state index contributed by atoms with van der Waals surface area (Å²) in [7, 11) is 0. The highest BCUT2D eigenvalue weighted by Crippen LogP contribution is 2.02. The van der Waals surface area contributed by atoms with E-state index in [1.54, 1.807) is 6.08 Å². The lowest BCUT2D eigenvalue weighted by Crippen LogP contribution is -2.07. The van der Waals surface area contributed by atoms with Gasteiger partial charge in [-0.1, -0.05) is 25.8 Å². The van der Waals surface area contributed by atoms with E-state index in [4.69, 9.17) is 4.74 Å². The molecule has 0 aliphatic heterocycles. The largest absolute Gasteiger partial charge is 0.374 e. The van der Waals surface area contributed by atoms with Gasteiger partial charge in [0.1, 0.15) is 0 Å². The lowest BCUT2D eigenvalue weighted by atomic mass is 10.2. The summed E-state index contributed by atoms with van der Waals surface area (Å²) in [5.41, 5.74) is 0. The van der Waals surface area contributed by atoms with Crippen molar-refractivity contribution in [1.82, 2.24) is 0 Å². The highest BCUT2D eigenvalue weighted by atomic mass is 16.5. The average molecular weight is 141 g/mol. The number of hydrogen-bond acceptors (Lipinski definition) is 1. The fraction of sp³-hybridized carbons (Fsp3) is 0.667. The molecule has 0 aromatic heterocycles. The van der Waals surface area contributed by atoms with Crippen LogP contribution >= 0.6 is 0 Å². The third-order valence-electron chi connectivity index (χ3n) is 1.36. The average Bonchev–Trinajstić information content (AvgIpc) is 1.97. The molecule has 0 aliphatic rings. The zero-order valence-electron chi connectivity index (χ0n) is 6.81. The molecule has 0 bridgehead atoms. The van der Waals surface area contributed by atoms with Crippen molar-refractivity contribution >= 4 is 0 Å². The van der Waals surface area contributed by atoms with Crippen LogP contribution in [0.15, 0.2) is 12.7 Å². The van der Waals surface area contributed by atoms with Gasteiger partial charge in [0.15, 0.2) is 0 Å². The summed E-state index contributed by atoms with van der Waals surface area (Å²) in [4.78, 5) is 0. The molecule has 1 atom stereocenters. The van der Waals surface area contributed by atoms with Crippen LogP contribution in [0, 0.1) is 6.92 Å². The zero-order valence-corrected chi connectivity index (χ0v) is 6.81. The lowest BCUT2D eigenvalue weighted by molar-refractivity contribution is 0.0806. The predicted molar refractivity (Wildman–Crippen MR) is 44.8 cm³/mol. The van der Waals surface area contributed by atoms with Crippen LogP contribution in [0.4, 0.5) is 0 Å². The van der Waals surface area contributed by atoms with Crippen molar-refractivity contribution in [1.29, 1.82) is 0 Å². The molecular formula is C9H17O. The van der Waals surface area contributed by atoms with Crippen LogP contribution in [0.3, 0.4) is 0 Å². The van der Waals surface area contributed by atoms with Gasteiger partial charge in [-0.3, -0.25) is 0 Å². The molecule has 1 radical (unpaired) electrons. The van der Waals surface area contributed by atoms with E-state index in [1.807, 2.05) is 0 Å². The van der Waals surface area contributed by atoms with Crippen LogP contribution in [-0.2, 0) is 4.74 Å². The lowest BCUT2D eigenvalue weighted by Gasteiger charge is -2.09. The van der Waals surface area contributed by atoms with Gasteiger partial charge < -0.3 is 4.74 Å². The van der Waals surface area contributed by atoms with E-state index in [9.17, 15) is 0 Å². The summed E-state index contributed by atoms with van der Waals surface area (Å²) in [5, 5.41) is 0. The topological polar surface area (TPSA) is 9.23 Å². The first-order valence-corrected chi connectivity index (χ1v) is 3.83. The first kappa shape index (κ1) is 9.70. The molecule has 0 aliphatic carbocycles. The van der Waals surface area contributed by atoms with Crippen molar-refractivity contribution in [2.75, 3.05) is 6.61 Å². The second-order valence-corrected chi connectivity index (χ2v) is 2.43. The Morgan fingerprint density at radius 3 is 2.80 bits per heavy atom. The monoisotopic (exact) mass is 141 g/mol. The minimum atomic E-state index is 0.361. The summed E-state index contributed by atoms with van der Waals surface area (Å²) in [6, 6.07) is 0. The summed E-state index contributed by atoms with van der Waals surface area (Å²) in [6.45, 7) is 10.1. The third kappa shape index (κ3) is 5.83. The van der Waals surface area contributed by atoms with Crippen molar-refractivity contribution < 1.29 is 4.74 Å². The molecule has 1 nitrogen and oxygen atoms in total. The molecule has 0 N–H and O–H groups in total. The second kappa shape index (κ2) is 6.81. The van der Waals surface area contributed by atoms with Gasteiger partial charge in [0, 0.05) is 0 Å². The maximum absolute atomic E-state index is 5.35. The van der Waals surface area contributed by atoms with Gasteiger partial charge in [0.05, 0.1) is 12.7 Å². The Bertz CT molecular complexity index is 78.8. The van der Waals surface area contributed by atoms with Crippen LogP contribution < -0.4 is 0 Å². The minimum absolute atomic E-state index is 0.361. The summed E-state index contributed by atoms with van der Waals surface area (Å²) < 4.78 is 5.35. The highest BCUT2D eigenvalue weighted by molar-refractivity contribution is 4.65. The van der Waals surface area contributed by atoms with E-state index in [0.29, 0.717) is 12.7 Å². The van der Waals surface area contributed by atoms with Crippen LogP contribution in [0.1, 0.15) is 26.2 Å². The Balaban J connectivity index is 3.07. The fourth-order valence-corrected chi connectivity index (χ4v) is 0.747. The van der Waals surface area contributed by atoms with Gasteiger partial charge in [-0.25, -0.2) is 0 Å². The Labute approximate surface area is 64.1 Å². The van der Waals surface area contributed by atoms with Crippen LogP contribution in [0.2, 0.25) is 0 Å². The molecular weight excluding hydrogens is 124 g/mol. The highest BCUT2D eigenvalue weighted by Gasteiger charge is 1.97. The Hall–Kier alpha value is -0.300. The third-order valence-corrected chi connectivity index (χ3v) is 1.36. The van der Waals surface area contributed by atoms with Crippen LogP contribution in [-0.4, -0.2) is 12.7 Å². The fourth-order valence-electron chi connectivity index (χ4n) is 0.747. The first-order chi connectivity index (χ1) is 4.81. The van der Waals surface area contributed by atoms with Gasteiger partial charge in [0.2, 0.25) is 0 Å². The first-order valence-electron chi connectivity index (χ1n) is 3.83. The normalized spacial score (nSPS) is 13.0. The standard InChI is InChI=1S/C9H17O/c1-4-6-7-9(3)10-8-5-2/h5,9H,1-2,4,6-8H2,3H3. The molecule has 10 heavy (non-hydrogen) atoms. The van der Waals surface area contributed by atoms with Crippen molar-refractivity contribution in [3.63, 3.8) is 0 Å². The van der Waals surface area contributed by atoms with Gasteiger partial charge >= 0.3 is 0 Å². The van der Waals surface area contributed by atoms with Crippen molar-refractivity contribution in [2.45, 2.75) is 32.3 Å². The van der Waals surface area contributed by atoms with Crippen molar-refractivity contribution in [2.24, 2.45) is 0 Å². The van der Waals surface area contributed by atoms with Gasteiger partial charge in [-0.05, 0) is 13.3 Å². The molecule has 0 saturated heterocycles. The van der Waals surface area contributed by atoms with E-state index in [2.05, 4.69) is 20.4 Å². The smallest absolute Gasteiger partial charge is 0.0648 e. The maximum Gasteiger partial charge on any atom is 0.0648 e. The van der Waals surface area contributed by atoms with Crippen molar-refractivity contribution in [3.05, 3.63) is 19.6 Å². The van der Waals surface area contributed by atoms with E-state index in [0.717, 1.165) is 19.3 Å². The molecule has 1 unspecified atom stereocenters. The quantitative estimate of drug-likeness (QED) is 0.516. The molecule has 0 spiro atoms. The number of rotatable bonds is 6. The summed E-state index contributed by atoms with van der Waals surface area (Å²) in [5.74, 6) is 0. The van der Waals surface area contributed by atoms with E-state index >= 15 is 0 Å². The molecule has 0 aromatic rings. The van der Waals surface area contributed by atoms with Gasteiger partial charge in [-0.2, -0.15) is 0 Å². The maximum atomic E-state index is 5.35. The Morgan fingerprint density at radius 1 is 1.60 bits per heavy atom. The molecule has 0 aromatic carbocycles. The van der Waals surface area contributed by atoms with E-state index < -0.39 is 0 Å². The SMILES string of the molecule is [CH2]CCCC(C)OCC=C. The van der Waals surface area contributed by atoms with Crippen LogP contribution in [0.5, 0.6) is 0 Å². The van der Waals surface area contributed by atoms with Crippen LogP contribution in [0.25, 0.3) is 0 Å². The zero-order chi connectivity index (χ0) is 7.82. The van der Waals surface area contributed by atoms with Crippen molar-refractivity contribution in [3.8, 4) is 0 Å². The molecule has 59 valence electrons. The number of hydrogen-bond donors (Lipinski definition) is 0. The van der Waals surface area contributed by atoms with Gasteiger partial charge in [-0.15, -0.1) is 6.58 Å². The molecule has 0 amide bonds. The number of ether oxygens (including phenoxy) is 1. The predicted octanol–water partition coefficient (Wildman–Crippen LogP) is 2.58. The molecule has 0 heterocycles. The minimum Gasteiger partial charge on any atom is -0.374 e. The second-order valence-electron chi connectivity index (χ2n) is 2.43. The van der Waals surface area contributed by atoms with E-state index in [-0.39, 0.29) is 0 Å². The Kier molecular flexibility index (Phi) is 6.61. The van der Waals surface area contributed by atoms with Gasteiger partial charge in [0.25, 0.3) is 0 Å². The molecule has 0 saturated carbocycles. The molecule has 1 heteroatoms.